The summed E-state index contributed by atoms with van der Waals surface area (Å²) in [5.74, 6) is 1.23. The molecule has 1 aliphatic rings. The van der Waals surface area contributed by atoms with Gasteiger partial charge in [0, 0.05) is 18.0 Å². The molecule has 0 amide bonds. The molecular formula is C13H27N3O. The first kappa shape index (κ1) is 14.3. The van der Waals surface area contributed by atoms with Gasteiger partial charge in [-0.3, -0.25) is 0 Å². The van der Waals surface area contributed by atoms with Crippen LogP contribution in [0.3, 0.4) is 0 Å². The highest BCUT2D eigenvalue weighted by atomic mass is 16.4. The fourth-order valence-electron chi connectivity index (χ4n) is 1.88. The van der Waals surface area contributed by atoms with Crippen molar-refractivity contribution in [2.24, 2.45) is 22.2 Å². The van der Waals surface area contributed by atoms with Crippen molar-refractivity contribution < 1.29 is 5.21 Å². The zero-order valence-corrected chi connectivity index (χ0v) is 11.6. The molecule has 0 spiro atoms. The standard InChI is InChI=1S/C13H27N3O/c1-10(2)16(9-11-5-6-11)8-7-13(3,4)12(14)15-17/h10-11,17H,5-9H2,1-4H3,(H2,14,15). The van der Waals surface area contributed by atoms with Gasteiger partial charge in [-0.25, -0.2) is 0 Å². The summed E-state index contributed by atoms with van der Waals surface area (Å²) in [5.41, 5.74) is 5.48. The highest BCUT2D eigenvalue weighted by molar-refractivity contribution is 5.85. The third-order valence-corrected chi connectivity index (χ3v) is 3.75. The van der Waals surface area contributed by atoms with E-state index < -0.39 is 0 Å². The predicted octanol–water partition coefficient (Wildman–Crippen LogP) is 2.27. The lowest BCUT2D eigenvalue weighted by Crippen LogP contribution is -2.39. The Hall–Kier alpha value is -0.770. The van der Waals surface area contributed by atoms with Crippen molar-refractivity contribution in [3.8, 4) is 0 Å². The van der Waals surface area contributed by atoms with Crippen molar-refractivity contribution in [1.82, 2.24) is 4.90 Å². The van der Waals surface area contributed by atoms with Crippen LogP contribution in [0, 0.1) is 11.3 Å². The van der Waals surface area contributed by atoms with Crippen LogP contribution in [-0.4, -0.2) is 35.1 Å². The first-order valence-corrected chi connectivity index (χ1v) is 6.59. The Morgan fingerprint density at radius 1 is 1.47 bits per heavy atom. The normalized spacial score (nSPS) is 18.1. The summed E-state index contributed by atoms with van der Waals surface area (Å²) in [6, 6.07) is 0.568. The first-order chi connectivity index (χ1) is 7.86. The summed E-state index contributed by atoms with van der Waals surface area (Å²) in [7, 11) is 0. The number of oxime groups is 1. The Morgan fingerprint density at radius 3 is 2.47 bits per heavy atom. The third-order valence-electron chi connectivity index (χ3n) is 3.75. The van der Waals surface area contributed by atoms with Crippen LogP contribution in [-0.2, 0) is 0 Å². The molecule has 0 aromatic carbocycles. The van der Waals surface area contributed by atoms with E-state index in [1.54, 1.807) is 0 Å². The van der Waals surface area contributed by atoms with Crippen molar-refractivity contribution in [3.05, 3.63) is 0 Å². The molecule has 3 N–H and O–H groups in total. The molecule has 0 atom stereocenters. The molecule has 0 unspecified atom stereocenters. The molecule has 4 nitrogen and oxygen atoms in total. The monoisotopic (exact) mass is 241 g/mol. The molecule has 100 valence electrons. The quantitative estimate of drug-likeness (QED) is 0.311. The highest BCUT2D eigenvalue weighted by Gasteiger charge is 2.28. The average Bonchev–Trinajstić information content (AvgIpc) is 3.06. The van der Waals surface area contributed by atoms with Crippen molar-refractivity contribution in [3.63, 3.8) is 0 Å². The topological polar surface area (TPSA) is 61.8 Å². The van der Waals surface area contributed by atoms with E-state index in [-0.39, 0.29) is 5.41 Å². The maximum atomic E-state index is 8.75. The second-order valence-corrected chi connectivity index (χ2v) is 6.15. The number of rotatable bonds is 7. The van der Waals surface area contributed by atoms with E-state index in [4.69, 9.17) is 10.9 Å². The van der Waals surface area contributed by atoms with Gasteiger partial charge in [0.15, 0.2) is 0 Å². The molecule has 0 radical (unpaired) electrons. The van der Waals surface area contributed by atoms with E-state index in [2.05, 4.69) is 23.9 Å². The predicted molar refractivity (Wildman–Crippen MR) is 71.2 cm³/mol. The van der Waals surface area contributed by atoms with Crippen LogP contribution in [0.15, 0.2) is 5.16 Å². The Kier molecular flexibility index (Phi) is 4.80. The SMILES string of the molecule is CC(C)N(CCC(C)(C)C(N)=NO)CC1CC1. The Labute approximate surface area is 105 Å². The van der Waals surface area contributed by atoms with E-state index in [9.17, 15) is 0 Å². The molecular weight excluding hydrogens is 214 g/mol. The van der Waals surface area contributed by atoms with E-state index in [0.29, 0.717) is 11.9 Å². The van der Waals surface area contributed by atoms with Gasteiger partial charge in [0.2, 0.25) is 0 Å². The molecule has 0 heterocycles. The van der Waals surface area contributed by atoms with E-state index in [1.807, 2.05) is 13.8 Å². The Bertz CT molecular complexity index is 270. The summed E-state index contributed by atoms with van der Waals surface area (Å²) < 4.78 is 0. The Morgan fingerprint density at radius 2 is 2.06 bits per heavy atom. The molecule has 0 bridgehead atoms. The smallest absolute Gasteiger partial charge is 0.144 e. The van der Waals surface area contributed by atoms with Gasteiger partial charge < -0.3 is 15.8 Å². The minimum absolute atomic E-state index is 0.231. The van der Waals surface area contributed by atoms with Gasteiger partial charge >= 0.3 is 0 Å². The van der Waals surface area contributed by atoms with E-state index >= 15 is 0 Å². The second-order valence-electron chi connectivity index (χ2n) is 6.15. The van der Waals surface area contributed by atoms with Crippen LogP contribution >= 0.6 is 0 Å². The summed E-state index contributed by atoms with van der Waals surface area (Å²) in [6.07, 6.45) is 3.69. The lowest BCUT2D eigenvalue weighted by molar-refractivity contribution is 0.191. The van der Waals surface area contributed by atoms with Crippen LogP contribution in [0.1, 0.15) is 47.0 Å². The second kappa shape index (κ2) is 5.71. The van der Waals surface area contributed by atoms with Gasteiger partial charge in [-0.15, -0.1) is 0 Å². The summed E-state index contributed by atoms with van der Waals surface area (Å²) in [4.78, 5) is 2.50. The van der Waals surface area contributed by atoms with E-state index in [1.165, 1.54) is 19.4 Å². The minimum atomic E-state index is -0.231. The number of amidine groups is 1. The third kappa shape index (κ3) is 4.54. The van der Waals surface area contributed by atoms with E-state index in [0.717, 1.165) is 18.9 Å². The van der Waals surface area contributed by atoms with Gasteiger partial charge in [0.1, 0.15) is 5.84 Å². The first-order valence-electron chi connectivity index (χ1n) is 6.59. The zero-order chi connectivity index (χ0) is 13.1. The molecule has 1 rings (SSSR count). The molecule has 0 aliphatic heterocycles. The fraction of sp³-hybridized carbons (Fsp3) is 0.923. The summed E-state index contributed by atoms with van der Waals surface area (Å²) >= 11 is 0. The van der Waals surface area contributed by atoms with Crippen molar-refractivity contribution in [2.75, 3.05) is 13.1 Å². The van der Waals surface area contributed by atoms with Crippen LogP contribution in [0.25, 0.3) is 0 Å². The average molecular weight is 241 g/mol. The van der Waals surface area contributed by atoms with Crippen molar-refractivity contribution in [2.45, 2.75) is 53.0 Å². The number of nitrogens with two attached hydrogens (primary N) is 1. The van der Waals surface area contributed by atoms with Gasteiger partial charge in [0.05, 0.1) is 0 Å². The van der Waals surface area contributed by atoms with Gasteiger partial charge in [-0.2, -0.15) is 0 Å². The van der Waals surface area contributed by atoms with Crippen molar-refractivity contribution in [1.29, 1.82) is 0 Å². The molecule has 0 saturated heterocycles. The molecule has 0 aromatic rings. The molecule has 17 heavy (non-hydrogen) atoms. The molecule has 1 aliphatic carbocycles. The van der Waals surface area contributed by atoms with Crippen molar-refractivity contribution >= 4 is 5.84 Å². The van der Waals surface area contributed by atoms with Gasteiger partial charge in [-0.1, -0.05) is 19.0 Å². The Balaban J connectivity index is 2.44. The molecule has 4 heteroatoms. The lowest BCUT2D eigenvalue weighted by Gasteiger charge is -2.31. The van der Waals surface area contributed by atoms with Gasteiger partial charge in [-0.05, 0) is 45.6 Å². The van der Waals surface area contributed by atoms with Crippen LogP contribution < -0.4 is 5.73 Å². The summed E-state index contributed by atoms with van der Waals surface area (Å²) in [6.45, 7) is 10.7. The summed E-state index contributed by atoms with van der Waals surface area (Å²) in [5, 5.41) is 11.9. The molecule has 0 aromatic heterocycles. The van der Waals surface area contributed by atoms with Gasteiger partial charge in [0.25, 0.3) is 0 Å². The molecule has 1 fully saturated rings. The highest BCUT2D eigenvalue weighted by Crippen LogP contribution is 2.31. The number of hydrogen-bond donors (Lipinski definition) is 2. The van der Waals surface area contributed by atoms with Crippen LogP contribution in [0.2, 0.25) is 0 Å². The largest absolute Gasteiger partial charge is 0.409 e. The number of nitrogens with zero attached hydrogens (tertiary/aromatic N) is 2. The molecule has 1 saturated carbocycles. The van der Waals surface area contributed by atoms with Crippen LogP contribution in [0.4, 0.5) is 0 Å². The van der Waals surface area contributed by atoms with Crippen LogP contribution in [0.5, 0.6) is 0 Å². The lowest BCUT2D eigenvalue weighted by atomic mass is 9.87. The zero-order valence-electron chi connectivity index (χ0n) is 11.6. The maximum Gasteiger partial charge on any atom is 0.144 e. The fourth-order valence-corrected chi connectivity index (χ4v) is 1.88. The minimum Gasteiger partial charge on any atom is -0.409 e. The number of hydrogen-bond acceptors (Lipinski definition) is 3. The maximum absolute atomic E-state index is 8.75.